The molecule has 5 heteroatoms. The summed E-state index contributed by atoms with van der Waals surface area (Å²) < 4.78 is 1.02. The summed E-state index contributed by atoms with van der Waals surface area (Å²) in [6, 6.07) is 7.75. The summed E-state index contributed by atoms with van der Waals surface area (Å²) in [5, 5.41) is 6.63. The molecule has 0 aliphatic rings. The van der Waals surface area contributed by atoms with Gasteiger partial charge in [0.15, 0.2) is 5.82 Å². The number of aromatic nitrogens is 2. The zero-order valence-corrected chi connectivity index (χ0v) is 8.88. The third-order valence-corrected chi connectivity index (χ3v) is 2.50. The minimum absolute atomic E-state index is 0.336. The van der Waals surface area contributed by atoms with Crippen LogP contribution in [0.1, 0.15) is 0 Å². The Morgan fingerprint density at radius 2 is 1.79 bits per heavy atom. The van der Waals surface area contributed by atoms with Crippen molar-refractivity contribution in [3.63, 3.8) is 0 Å². The van der Waals surface area contributed by atoms with Gasteiger partial charge in [-0.15, -0.1) is 0 Å². The minimum atomic E-state index is 0.336. The molecule has 0 aliphatic heterocycles. The van der Waals surface area contributed by atoms with Crippen molar-refractivity contribution in [2.24, 2.45) is 0 Å². The molecule has 1 aromatic heterocycles. The maximum atomic E-state index is 5.74. The molecule has 0 saturated carbocycles. The number of nitrogen functional groups attached to an aromatic ring is 2. The normalized spacial score (nSPS) is 10.4. The molecule has 0 aliphatic carbocycles. The van der Waals surface area contributed by atoms with Crippen LogP contribution in [-0.2, 0) is 0 Å². The fraction of sp³-hybridized carbons (Fsp3) is 0. The van der Waals surface area contributed by atoms with E-state index >= 15 is 0 Å². The van der Waals surface area contributed by atoms with Gasteiger partial charge in [0.1, 0.15) is 5.69 Å². The SMILES string of the molecule is Nc1n[nH]c(-c2ccc(Br)cc2)c1N. The van der Waals surface area contributed by atoms with E-state index in [0.717, 1.165) is 15.7 Å². The van der Waals surface area contributed by atoms with E-state index in [4.69, 9.17) is 11.5 Å². The fourth-order valence-corrected chi connectivity index (χ4v) is 1.47. The molecule has 0 unspecified atom stereocenters. The van der Waals surface area contributed by atoms with E-state index in [9.17, 15) is 0 Å². The number of nitrogens with one attached hydrogen (secondary N) is 1. The second kappa shape index (κ2) is 3.34. The molecular formula is C9H9BrN4. The van der Waals surface area contributed by atoms with Crippen LogP contribution in [0.3, 0.4) is 0 Å². The Labute approximate surface area is 89.4 Å². The zero-order valence-electron chi connectivity index (χ0n) is 7.29. The molecule has 0 saturated heterocycles. The third kappa shape index (κ3) is 1.46. The van der Waals surface area contributed by atoms with Crippen LogP contribution in [0.4, 0.5) is 11.5 Å². The average molecular weight is 253 g/mol. The molecular weight excluding hydrogens is 244 g/mol. The highest BCUT2D eigenvalue weighted by molar-refractivity contribution is 9.10. The van der Waals surface area contributed by atoms with Crippen molar-refractivity contribution < 1.29 is 0 Å². The molecule has 0 fully saturated rings. The summed E-state index contributed by atoms with van der Waals surface area (Å²) in [5.74, 6) is 0.336. The molecule has 4 nitrogen and oxygen atoms in total. The lowest BCUT2D eigenvalue weighted by molar-refractivity contribution is 1.10. The summed E-state index contributed by atoms with van der Waals surface area (Å²) >= 11 is 3.36. The number of anilines is 2. The van der Waals surface area contributed by atoms with Crippen LogP contribution in [0.5, 0.6) is 0 Å². The Balaban J connectivity index is 2.49. The molecule has 5 N–H and O–H groups in total. The van der Waals surface area contributed by atoms with Gasteiger partial charge in [-0.25, -0.2) is 0 Å². The quantitative estimate of drug-likeness (QED) is 0.727. The van der Waals surface area contributed by atoms with Gasteiger partial charge in [0.25, 0.3) is 0 Å². The number of halogens is 1. The van der Waals surface area contributed by atoms with Crippen LogP contribution in [0.2, 0.25) is 0 Å². The molecule has 0 amide bonds. The number of rotatable bonds is 1. The molecule has 1 aromatic carbocycles. The van der Waals surface area contributed by atoms with Gasteiger partial charge in [-0.05, 0) is 12.1 Å². The highest BCUT2D eigenvalue weighted by Gasteiger charge is 2.08. The lowest BCUT2D eigenvalue weighted by atomic mass is 10.1. The van der Waals surface area contributed by atoms with E-state index in [1.807, 2.05) is 24.3 Å². The highest BCUT2D eigenvalue weighted by atomic mass is 79.9. The van der Waals surface area contributed by atoms with Gasteiger partial charge in [-0.3, -0.25) is 5.10 Å². The summed E-state index contributed by atoms with van der Waals surface area (Å²) in [7, 11) is 0. The molecule has 0 bridgehead atoms. The van der Waals surface area contributed by atoms with Gasteiger partial charge in [0.05, 0.1) is 5.69 Å². The maximum absolute atomic E-state index is 5.74. The van der Waals surface area contributed by atoms with Gasteiger partial charge >= 0.3 is 0 Å². The van der Waals surface area contributed by atoms with Crippen molar-refractivity contribution in [3.8, 4) is 11.3 Å². The second-order valence-corrected chi connectivity index (χ2v) is 3.82. The molecule has 72 valence electrons. The number of nitrogens with zero attached hydrogens (tertiary/aromatic N) is 1. The first-order valence-electron chi connectivity index (χ1n) is 4.03. The monoisotopic (exact) mass is 252 g/mol. The lowest BCUT2D eigenvalue weighted by Crippen LogP contribution is -1.92. The number of hydrogen-bond donors (Lipinski definition) is 3. The van der Waals surface area contributed by atoms with Crippen LogP contribution in [0, 0.1) is 0 Å². The van der Waals surface area contributed by atoms with Crippen molar-refractivity contribution in [2.75, 3.05) is 11.5 Å². The van der Waals surface area contributed by atoms with Gasteiger partial charge in [-0.1, -0.05) is 28.1 Å². The van der Waals surface area contributed by atoms with E-state index in [-0.39, 0.29) is 0 Å². The Hall–Kier alpha value is -1.49. The highest BCUT2D eigenvalue weighted by Crippen LogP contribution is 2.27. The Morgan fingerprint density at radius 3 is 2.29 bits per heavy atom. The number of hydrogen-bond acceptors (Lipinski definition) is 3. The summed E-state index contributed by atoms with van der Waals surface area (Å²) in [5.41, 5.74) is 13.5. The smallest absolute Gasteiger partial charge is 0.169 e. The van der Waals surface area contributed by atoms with E-state index in [2.05, 4.69) is 26.1 Å². The molecule has 2 rings (SSSR count). The van der Waals surface area contributed by atoms with Crippen LogP contribution in [0.25, 0.3) is 11.3 Å². The van der Waals surface area contributed by atoms with Crippen molar-refractivity contribution in [2.45, 2.75) is 0 Å². The Kier molecular flexibility index (Phi) is 2.17. The van der Waals surface area contributed by atoms with Crippen LogP contribution in [0.15, 0.2) is 28.7 Å². The average Bonchev–Trinajstić information content (AvgIpc) is 2.50. The van der Waals surface area contributed by atoms with Crippen LogP contribution >= 0.6 is 15.9 Å². The minimum Gasteiger partial charge on any atom is -0.394 e. The van der Waals surface area contributed by atoms with E-state index < -0.39 is 0 Å². The molecule has 1 heterocycles. The maximum Gasteiger partial charge on any atom is 0.169 e. The van der Waals surface area contributed by atoms with Crippen molar-refractivity contribution in [1.29, 1.82) is 0 Å². The largest absolute Gasteiger partial charge is 0.394 e. The van der Waals surface area contributed by atoms with Gasteiger partial charge in [0.2, 0.25) is 0 Å². The first-order chi connectivity index (χ1) is 6.68. The number of H-pyrrole nitrogens is 1. The van der Waals surface area contributed by atoms with Gasteiger partial charge in [-0.2, -0.15) is 5.10 Å². The first kappa shape index (κ1) is 9.08. The standard InChI is InChI=1S/C9H9BrN4/c10-6-3-1-5(2-4-6)8-7(11)9(12)14-13-8/h1-4H,11H2,(H3,12,13,14). The summed E-state index contributed by atoms with van der Waals surface area (Å²) in [6.45, 7) is 0. The first-order valence-corrected chi connectivity index (χ1v) is 4.83. The van der Waals surface area contributed by atoms with Crippen LogP contribution in [-0.4, -0.2) is 10.2 Å². The second-order valence-electron chi connectivity index (χ2n) is 2.90. The number of benzene rings is 1. The van der Waals surface area contributed by atoms with Crippen molar-refractivity contribution in [1.82, 2.24) is 10.2 Å². The zero-order chi connectivity index (χ0) is 10.1. The molecule has 0 spiro atoms. The Morgan fingerprint density at radius 1 is 1.14 bits per heavy atom. The van der Waals surface area contributed by atoms with Gasteiger partial charge in [0, 0.05) is 10.0 Å². The topological polar surface area (TPSA) is 80.7 Å². The van der Waals surface area contributed by atoms with E-state index in [1.165, 1.54) is 0 Å². The fourth-order valence-electron chi connectivity index (χ4n) is 1.20. The number of nitrogens with two attached hydrogens (primary N) is 2. The third-order valence-electron chi connectivity index (χ3n) is 1.97. The van der Waals surface area contributed by atoms with Gasteiger partial charge < -0.3 is 11.5 Å². The summed E-state index contributed by atoms with van der Waals surface area (Å²) in [6.07, 6.45) is 0. The van der Waals surface area contributed by atoms with Crippen molar-refractivity contribution >= 4 is 27.4 Å². The molecule has 14 heavy (non-hydrogen) atoms. The molecule has 0 radical (unpaired) electrons. The molecule has 2 aromatic rings. The Bertz CT molecular complexity index is 446. The molecule has 0 atom stereocenters. The van der Waals surface area contributed by atoms with Crippen LogP contribution < -0.4 is 11.5 Å². The van der Waals surface area contributed by atoms with Crippen molar-refractivity contribution in [3.05, 3.63) is 28.7 Å². The number of aromatic amines is 1. The predicted molar refractivity (Wildman–Crippen MR) is 60.5 cm³/mol. The van der Waals surface area contributed by atoms with E-state index in [1.54, 1.807) is 0 Å². The predicted octanol–water partition coefficient (Wildman–Crippen LogP) is 2.00. The lowest BCUT2D eigenvalue weighted by Gasteiger charge is -1.99. The summed E-state index contributed by atoms with van der Waals surface area (Å²) in [4.78, 5) is 0. The van der Waals surface area contributed by atoms with E-state index in [0.29, 0.717) is 11.5 Å².